The van der Waals surface area contributed by atoms with E-state index in [-0.39, 0.29) is 5.91 Å². The molecule has 1 aromatic carbocycles. The zero-order valence-electron chi connectivity index (χ0n) is 18.9. The Kier molecular flexibility index (Phi) is 8.80. The van der Waals surface area contributed by atoms with Crippen molar-refractivity contribution >= 4 is 18.1 Å². The first-order valence-electron chi connectivity index (χ1n) is 11.3. The van der Waals surface area contributed by atoms with Crippen molar-refractivity contribution in [2.75, 3.05) is 32.8 Å². The quantitative estimate of drug-likeness (QED) is 0.547. The van der Waals surface area contributed by atoms with Gasteiger partial charge in [0.05, 0.1) is 13.2 Å². The fourth-order valence-electron chi connectivity index (χ4n) is 4.30. The summed E-state index contributed by atoms with van der Waals surface area (Å²) in [5.41, 5.74) is 2.18. The fourth-order valence-corrected chi connectivity index (χ4v) is 4.53. The monoisotopic (exact) mass is 445 g/mol. The van der Waals surface area contributed by atoms with Gasteiger partial charge in [0.15, 0.2) is 10.6 Å². The van der Waals surface area contributed by atoms with E-state index in [0.717, 1.165) is 50.5 Å². The smallest absolute Gasteiger partial charge is 0.221 e. The standard InChI is InChI=1S/C23H35N5O2S/c1-4-18(5-2)20(27-12-14-30-15-13-27)16-24-21(29)10-11-28-22(25-26-23(28)31)19-8-6-17(3)7-9-19/h6-9,18,20H,4-5,10-16H2,1-3H3,(H,24,29)(H,26,31). The van der Waals surface area contributed by atoms with Crippen LogP contribution >= 0.6 is 12.2 Å². The van der Waals surface area contributed by atoms with Gasteiger partial charge in [0.2, 0.25) is 5.91 Å². The molecule has 170 valence electrons. The Balaban J connectivity index is 1.60. The summed E-state index contributed by atoms with van der Waals surface area (Å²) in [6.07, 6.45) is 2.59. The topological polar surface area (TPSA) is 75.2 Å². The molecule has 7 nitrogen and oxygen atoms in total. The number of aromatic amines is 1. The number of benzene rings is 1. The fraction of sp³-hybridized carbons (Fsp3) is 0.609. The summed E-state index contributed by atoms with van der Waals surface area (Å²) in [6.45, 7) is 11.1. The van der Waals surface area contributed by atoms with Gasteiger partial charge in [-0.05, 0) is 25.1 Å². The number of rotatable bonds is 10. The zero-order chi connectivity index (χ0) is 22.2. The molecule has 1 fully saturated rings. The summed E-state index contributed by atoms with van der Waals surface area (Å²) in [5, 5.41) is 10.4. The lowest BCUT2D eigenvalue weighted by atomic mass is 9.92. The molecule has 1 aliphatic heterocycles. The van der Waals surface area contributed by atoms with Gasteiger partial charge in [-0.3, -0.25) is 19.4 Å². The number of hydrogen-bond donors (Lipinski definition) is 2. The van der Waals surface area contributed by atoms with Gasteiger partial charge < -0.3 is 10.1 Å². The first-order valence-corrected chi connectivity index (χ1v) is 11.7. The van der Waals surface area contributed by atoms with Crippen molar-refractivity contribution in [3.63, 3.8) is 0 Å². The maximum atomic E-state index is 12.7. The molecule has 0 radical (unpaired) electrons. The third kappa shape index (κ3) is 6.24. The molecule has 1 unspecified atom stereocenters. The van der Waals surface area contributed by atoms with Gasteiger partial charge in [-0.25, -0.2) is 0 Å². The number of H-pyrrole nitrogens is 1. The van der Waals surface area contributed by atoms with Crippen LogP contribution in [-0.4, -0.2) is 64.5 Å². The summed E-state index contributed by atoms with van der Waals surface area (Å²) < 4.78 is 7.95. The van der Waals surface area contributed by atoms with E-state index in [1.807, 2.05) is 28.8 Å². The number of aryl methyl sites for hydroxylation is 1. The van der Waals surface area contributed by atoms with Crippen LogP contribution in [0.4, 0.5) is 0 Å². The largest absolute Gasteiger partial charge is 0.379 e. The third-order valence-electron chi connectivity index (χ3n) is 6.25. The Labute approximate surface area is 190 Å². The van der Waals surface area contributed by atoms with Crippen molar-refractivity contribution < 1.29 is 9.53 Å². The van der Waals surface area contributed by atoms with Crippen LogP contribution in [0, 0.1) is 17.6 Å². The van der Waals surface area contributed by atoms with Crippen LogP contribution in [-0.2, 0) is 16.1 Å². The van der Waals surface area contributed by atoms with Gasteiger partial charge in [0, 0.05) is 44.2 Å². The maximum absolute atomic E-state index is 12.7. The molecule has 1 amide bonds. The molecule has 2 N–H and O–H groups in total. The SMILES string of the molecule is CCC(CC)C(CNC(=O)CCn1c(-c2ccc(C)cc2)n[nH]c1=S)N1CCOCC1. The lowest BCUT2D eigenvalue weighted by molar-refractivity contribution is -0.121. The second-order valence-electron chi connectivity index (χ2n) is 8.22. The van der Waals surface area contributed by atoms with Crippen LogP contribution in [0.1, 0.15) is 38.7 Å². The Bertz CT molecular complexity index is 882. The molecule has 3 rings (SSSR count). The molecule has 0 aliphatic carbocycles. The van der Waals surface area contributed by atoms with Crippen molar-refractivity contribution in [1.29, 1.82) is 0 Å². The molecule has 31 heavy (non-hydrogen) atoms. The van der Waals surface area contributed by atoms with E-state index in [1.165, 1.54) is 5.56 Å². The number of nitrogens with one attached hydrogen (secondary N) is 2. The lowest BCUT2D eigenvalue weighted by Crippen LogP contribution is -2.52. The molecule has 2 aromatic rings. The molecule has 0 bridgehead atoms. The van der Waals surface area contributed by atoms with Crippen molar-refractivity contribution in [3.8, 4) is 11.4 Å². The highest BCUT2D eigenvalue weighted by Crippen LogP contribution is 2.20. The molecule has 1 saturated heterocycles. The molecular weight excluding hydrogens is 410 g/mol. The minimum absolute atomic E-state index is 0.0437. The highest BCUT2D eigenvalue weighted by molar-refractivity contribution is 7.71. The van der Waals surface area contributed by atoms with E-state index in [0.29, 0.717) is 36.2 Å². The van der Waals surface area contributed by atoms with E-state index in [2.05, 4.69) is 41.2 Å². The molecule has 0 saturated carbocycles. The van der Waals surface area contributed by atoms with E-state index in [4.69, 9.17) is 17.0 Å². The number of aromatic nitrogens is 3. The van der Waals surface area contributed by atoms with Crippen LogP contribution in [0.5, 0.6) is 0 Å². The molecule has 1 atom stereocenters. The van der Waals surface area contributed by atoms with Crippen LogP contribution in [0.3, 0.4) is 0 Å². The lowest BCUT2D eigenvalue weighted by Gasteiger charge is -2.38. The number of carbonyl (C=O) groups is 1. The van der Waals surface area contributed by atoms with Crippen molar-refractivity contribution in [3.05, 3.63) is 34.6 Å². The van der Waals surface area contributed by atoms with Gasteiger partial charge in [0.25, 0.3) is 0 Å². The molecular formula is C23H35N5O2S. The van der Waals surface area contributed by atoms with E-state index < -0.39 is 0 Å². The molecule has 8 heteroatoms. The number of amides is 1. The summed E-state index contributed by atoms with van der Waals surface area (Å²) in [7, 11) is 0. The minimum Gasteiger partial charge on any atom is -0.379 e. The van der Waals surface area contributed by atoms with Gasteiger partial charge >= 0.3 is 0 Å². The number of ether oxygens (including phenoxy) is 1. The van der Waals surface area contributed by atoms with Crippen molar-refractivity contribution in [2.24, 2.45) is 5.92 Å². The molecule has 1 aromatic heterocycles. The highest BCUT2D eigenvalue weighted by Gasteiger charge is 2.27. The summed E-state index contributed by atoms with van der Waals surface area (Å²) in [4.78, 5) is 15.2. The Morgan fingerprint density at radius 3 is 2.55 bits per heavy atom. The first kappa shape index (κ1) is 23.6. The Hall–Kier alpha value is -2.03. The predicted molar refractivity (Wildman–Crippen MR) is 125 cm³/mol. The van der Waals surface area contributed by atoms with Crippen LogP contribution in [0.25, 0.3) is 11.4 Å². The van der Waals surface area contributed by atoms with Crippen molar-refractivity contribution in [2.45, 2.75) is 52.6 Å². The highest BCUT2D eigenvalue weighted by atomic mass is 32.1. The predicted octanol–water partition coefficient (Wildman–Crippen LogP) is 3.56. The molecule has 2 heterocycles. The summed E-state index contributed by atoms with van der Waals surface area (Å²) >= 11 is 5.40. The van der Waals surface area contributed by atoms with Crippen LogP contribution < -0.4 is 5.32 Å². The van der Waals surface area contributed by atoms with Crippen LogP contribution in [0.2, 0.25) is 0 Å². The van der Waals surface area contributed by atoms with E-state index in [9.17, 15) is 4.79 Å². The van der Waals surface area contributed by atoms with Gasteiger partial charge in [0.1, 0.15) is 0 Å². The average molecular weight is 446 g/mol. The third-order valence-corrected chi connectivity index (χ3v) is 6.56. The second kappa shape index (κ2) is 11.5. The number of hydrogen-bond acceptors (Lipinski definition) is 5. The second-order valence-corrected chi connectivity index (χ2v) is 8.60. The van der Waals surface area contributed by atoms with E-state index in [1.54, 1.807) is 0 Å². The Morgan fingerprint density at radius 2 is 1.90 bits per heavy atom. The molecule has 1 aliphatic rings. The normalized spacial score (nSPS) is 15.9. The average Bonchev–Trinajstić information content (AvgIpc) is 3.16. The van der Waals surface area contributed by atoms with Crippen molar-refractivity contribution in [1.82, 2.24) is 25.0 Å². The maximum Gasteiger partial charge on any atom is 0.221 e. The van der Waals surface area contributed by atoms with Crippen LogP contribution in [0.15, 0.2) is 24.3 Å². The van der Waals surface area contributed by atoms with Gasteiger partial charge in [-0.15, -0.1) is 0 Å². The van der Waals surface area contributed by atoms with Gasteiger partial charge in [-0.2, -0.15) is 5.10 Å². The number of carbonyl (C=O) groups excluding carboxylic acids is 1. The number of morpholine rings is 1. The summed E-state index contributed by atoms with van der Waals surface area (Å²) in [6, 6.07) is 8.50. The number of nitrogens with zero attached hydrogens (tertiary/aromatic N) is 3. The first-order chi connectivity index (χ1) is 15.0. The molecule has 0 spiro atoms. The zero-order valence-corrected chi connectivity index (χ0v) is 19.7. The summed E-state index contributed by atoms with van der Waals surface area (Å²) in [5.74, 6) is 1.37. The van der Waals surface area contributed by atoms with Gasteiger partial charge in [-0.1, -0.05) is 56.5 Å². The minimum atomic E-state index is 0.0437. The van der Waals surface area contributed by atoms with E-state index >= 15 is 0 Å². The Morgan fingerprint density at radius 1 is 1.23 bits per heavy atom.